The highest BCUT2D eigenvalue weighted by molar-refractivity contribution is 5.85. The van der Waals surface area contributed by atoms with Gasteiger partial charge in [0.15, 0.2) is 0 Å². The summed E-state index contributed by atoms with van der Waals surface area (Å²) in [6.07, 6.45) is 5.90. The first kappa shape index (κ1) is 12.6. The van der Waals surface area contributed by atoms with E-state index in [0.29, 0.717) is 5.56 Å². The second kappa shape index (κ2) is 5.67. The van der Waals surface area contributed by atoms with Gasteiger partial charge in [-0.25, -0.2) is 9.18 Å². The lowest BCUT2D eigenvalue weighted by Gasteiger charge is -2.29. The van der Waals surface area contributed by atoms with E-state index in [9.17, 15) is 9.18 Å². The maximum atomic E-state index is 13.5. The number of hydrogen-bond acceptors (Lipinski definition) is 2. The van der Waals surface area contributed by atoms with Crippen LogP contribution in [0.5, 0.6) is 0 Å². The van der Waals surface area contributed by atoms with E-state index in [-0.39, 0.29) is 5.82 Å². The number of benzene rings is 1. The molecule has 0 atom stereocenters. The van der Waals surface area contributed by atoms with Gasteiger partial charge in [-0.15, -0.1) is 0 Å². The summed E-state index contributed by atoms with van der Waals surface area (Å²) in [7, 11) is 0. The molecular weight excluding hydrogens is 233 g/mol. The Morgan fingerprint density at radius 3 is 2.61 bits per heavy atom. The smallest absolute Gasteiger partial charge is 0.328 e. The maximum Gasteiger partial charge on any atom is 0.328 e. The Labute approximate surface area is 106 Å². The number of carboxylic acid groups (broad SMARTS) is 1. The molecule has 3 nitrogen and oxygen atoms in total. The molecule has 1 heterocycles. The molecule has 1 aromatic rings. The van der Waals surface area contributed by atoms with Crippen molar-refractivity contribution < 1.29 is 14.3 Å². The van der Waals surface area contributed by atoms with E-state index < -0.39 is 5.97 Å². The summed E-state index contributed by atoms with van der Waals surface area (Å²) in [6.45, 7) is 1.87. The van der Waals surface area contributed by atoms with E-state index in [1.807, 2.05) is 6.07 Å². The van der Waals surface area contributed by atoms with Crippen molar-refractivity contribution in [3.8, 4) is 0 Å². The first-order valence-electron chi connectivity index (χ1n) is 6.12. The van der Waals surface area contributed by atoms with Gasteiger partial charge in [0.05, 0.1) is 0 Å². The van der Waals surface area contributed by atoms with Gasteiger partial charge in [-0.3, -0.25) is 0 Å². The Kier molecular flexibility index (Phi) is 3.97. The van der Waals surface area contributed by atoms with Crippen molar-refractivity contribution in [2.24, 2.45) is 0 Å². The molecular formula is C14H16FNO2. The highest BCUT2D eigenvalue weighted by atomic mass is 19.1. The van der Waals surface area contributed by atoms with E-state index in [1.165, 1.54) is 24.6 Å². The Bertz CT molecular complexity index is 465. The normalized spacial score (nSPS) is 16.2. The Morgan fingerprint density at radius 1 is 1.22 bits per heavy atom. The highest BCUT2D eigenvalue weighted by Gasteiger charge is 2.12. The van der Waals surface area contributed by atoms with Crippen LogP contribution in [0.25, 0.3) is 6.08 Å². The minimum atomic E-state index is -1.03. The summed E-state index contributed by atoms with van der Waals surface area (Å²) < 4.78 is 13.5. The number of carbonyl (C=O) groups is 1. The number of carboxylic acids is 1. The molecule has 0 saturated carbocycles. The lowest BCUT2D eigenvalue weighted by Crippen LogP contribution is -2.29. The summed E-state index contributed by atoms with van der Waals surface area (Å²) in [5.74, 6) is -1.36. The van der Waals surface area contributed by atoms with Gasteiger partial charge in [0.2, 0.25) is 0 Å². The minimum absolute atomic E-state index is 0.330. The molecule has 0 bridgehead atoms. The topological polar surface area (TPSA) is 40.5 Å². The van der Waals surface area contributed by atoms with Crippen molar-refractivity contribution in [1.29, 1.82) is 0 Å². The monoisotopic (exact) mass is 249 g/mol. The van der Waals surface area contributed by atoms with Crippen molar-refractivity contribution in [2.45, 2.75) is 19.3 Å². The van der Waals surface area contributed by atoms with E-state index >= 15 is 0 Å². The van der Waals surface area contributed by atoms with Crippen LogP contribution in [0, 0.1) is 5.82 Å². The van der Waals surface area contributed by atoms with Crippen LogP contribution in [-0.2, 0) is 4.79 Å². The van der Waals surface area contributed by atoms with Crippen molar-refractivity contribution in [2.75, 3.05) is 18.0 Å². The van der Waals surface area contributed by atoms with Crippen LogP contribution in [0.4, 0.5) is 10.1 Å². The van der Waals surface area contributed by atoms with Crippen molar-refractivity contribution in [1.82, 2.24) is 0 Å². The van der Waals surface area contributed by atoms with Gasteiger partial charge in [-0.05, 0) is 49.1 Å². The van der Waals surface area contributed by atoms with Gasteiger partial charge in [0.25, 0.3) is 0 Å². The zero-order valence-corrected chi connectivity index (χ0v) is 10.1. The van der Waals surface area contributed by atoms with E-state index in [0.717, 1.165) is 37.7 Å². The number of aliphatic carboxylic acids is 1. The third-order valence-corrected chi connectivity index (χ3v) is 3.04. The van der Waals surface area contributed by atoms with E-state index in [2.05, 4.69) is 4.90 Å². The van der Waals surface area contributed by atoms with E-state index in [1.54, 1.807) is 0 Å². The highest BCUT2D eigenvalue weighted by Crippen LogP contribution is 2.23. The van der Waals surface area contributed by atoms with Gasteiger partial charge >= 0.3 is 5.97 Å². The molecule has 1 aliphatic rings. The van der Waals surface area contributed by atoms with Gasteiger partial charge in [0.1, 0.15) is 5.82 Å². The summed E-state index contributed by atoms with van der Waals surface area (Å²) >= 11 is 0. The predicted octanol–water partition coefficient (Wildman–Crippen LogP) is 2.91. The van der Waals surface area contributed by atoms with Crippen molar-refractivity contribution in [3.63, 3.8) is 0 Å². The van der Waals surface area contributed by atoms with Crippen LogP contribution in [0.15, 0.2) is 24.3 Å². The van der Waals surface area contributed by atoms with Crippen LogP contribution >= 0.6 is 0 Å². The maximum absolute atomic E-state index is 13.5. The molecule has 2 rings (SSSR count). The van der Waals surface area contributed by atoms with Gasteiger partial charge in [0, 0.05) is 24.9 Å². The summed E-state index contributed by atoms with van der Waals surface area (Å²) in [5, 5.41) is 8.57. The Morgan fingerprint density at radius 2 is 1.94 bits per heavy atom. The number of nitrogens with zero attached hydrogens (tertiary/aromatic N) is 1. The average Bonchev–Trinajstić information content (AvgIpc) is 2.37. The summed E-state index contributed by atoms with van der Waals surface area (Å²) in [4.78, 5) is 12.6. The van der Waals surface area contributed by atoms with Crippen LogP contribution in [0.3, 0.4) is 0 Å². The summed E-state index contributed by atoms with van der Waals surface area (Å²) in [5.41, 5.74) is 1.41. The molecule has 0 aromatic heterocycles. The molecule has 1 aliphatic heterocycles. The zero-order chi connectivity index (χ0) is 13.0. The number of rotatable bonds is 3. The van der Waals surface area contributed by atoms with Gasteiger partial charge in [-0.2, -0.15) is 0 Å². The fourth-order valence-corrected chi connectivity index (χ4v) is 2.19. The molecule has 1 saturated heterocycles. The van der Waals surface area contributed by atoms with Crippen molar-refractivity contribution in [3.05, 3.63) is 35.7 Å². The first-order valence-corrected chi connectivity index (χ1v) is 6.12. The molecule has 0 amide bonds. The largest absolute Gasteiger partial charge is 0.478 e. The molecule has 96 valence electrons. The quantitative estimate of drug-likeness (QED) is 0.837. The summed E-state index contributed by atoms with van der Waals surface area (Å²) in [6, 6.07) is 4.67. The number of anilines is 1. The minimum Gasteiger partial charge on any atom is -0.478 e. The molecule has 1 N–H and O–H groups in total. The van der Waals surface area contributed by atoms with Crippen LogP contribution in [-0.4, -0.2) is 24.2 Å². The molecule has 0 unspecified atom stereocenters. The fourth-order valence-electron chi connectivity index (χ4n) is 2.19. The molecule has 1 fully saturated rings. The second-order valence-corrected chi connectivity index (χ2v) is 4.46. The Balaban J connectivity index is 2.22. The molecule has 0 spiro atoms. The van der Waals surface area contributed by atoms with Crippen molar-refractivity contribution >= 4 is 17.7 Å². The predicted molar refractivity (Wildman–Crippen MR) is 69.1 cm³/mol. The van der Waals surface area contributed by atoms with E-state index in [4.69, 9.17) is 5.11 Å². The third-order valence-electron chi connectivity index (χ3n) is 3.04. The number of hydrogen-bond donors (Lipinski definition) is 1. The standard InChI is InChI=1S/C14H16FNO2/c15-12-8-11(4-5-14(17)18)9-13(10-12)16-6-2-1-3-7-16/h4-5,8-10H,1-3,6-7H2,(H,17,18)/b5-4+. The molecule has 18 heavy (non-hydrogen) atoms. The lowest BCUT2D eigenvalue weighted by molar-refractivity contribution is -0.131. The number of halogens is 1. The number of piperidine rings is 1. The zero-order valence-electron chi connectivity index (χ0n) is 10.1. The van der Waals surface area contributed by atoms with Gasteiger partial charge < -0.3 is 10.0 Å². The fraction of sp³-hybridized carbons (Fsp3) is 0.357. The Hall–Kier alpha value is -1.84. The molecule has 0 aliphatic carbocycles. The average molecular weight is 249 g/mol. The second-order valence-electron chi connectivity index (χ2n) is 4.46. The lowest BCUT2D eigenvalue weighted by atomic mass is 10.1. The SMILES string of the molecule is O=C(O)/C=C/c1cc(F)cc(N2CCCCC2)c1. The van der Waals surface area contributed by atoms with Crippen LogP contribution < -0.4 is 4.90 Å². The molecule has 0 radical (unpaired) electrons. The van der Waals surface area contributed by atoms with Crippen LogP contribution in [0.1, 0.15) is 24.8 Å². The molecule has 1 aromatic carbocycles. The van der Waals surface area contributed by atoms with Crippen LogP contribution in [0.2, 0.25) is 0 Å². The van der Waals surface area contributed by atoms with Gasteiger partial charge in [-0.1, -0.05) is 0 Å². The first-order chi connectivity index (χ1) is 8.65. The molecule has 4 heteroatoms. The third kappa shape index (κ3) is 3.32.